The highest BCUT2D eigenvalue weighted by atomic mass is 16.4. The quantitative estimate of drug-likeness (QED) is 0.326. The number of carbonyl (C=O) groups excluding carboxylic acids is 2. The maximum Gasteiger partial charge on any atom is 0.326 e. The number of allylic oxidation sites excluding steroid dienone is 2. The molecule has 1 aromatic carbocycles. The summed E-state index contributed by atoms with van der Waals surface area (Å²) in [7, 11) is 0. The molecule has 246 valence electrons. The Morgan fingerprint density at radius 1 is 0.911 bits per heavy atom. The number of rotatable bonds is 5. The van der Waals surface area contributed by atoms with Gasteiger partial charge in [0.2, 0.25) is 5.91 Å². The van der Waals surface area contributed by atoms with E-state index in [4.69, 9.17) is 0 Å². The van der Waals surface area contributed by atoms with Crippen LogP contribution in [-0.2, 0) is 20.8 Å². The Balaban J connectivity index is 1.39. The van der Waals surface area contributed by atoms with Crippen molar-refractivity contribution >= 4 is 17.7 Å². The molecule has 0 saturated heterocycles. The topological polar surface area (TPSA) is 104 Å². The summed E-state index contributed by atoms with van der Waals surface area (Å²) in [5.41, 5.74) is 0.380. The summed E-state index contributed by atoms with van der Waals surface area (Å²) >= 11 is 0. The number of ketones is 1. The van der Waals surface area contributed by atoms with Crippen LogP contribution in [0.3, 0.4) is 0 Å². The third-order valence-corrected chi connectivity index (χ3v) is 14.7. The lowest BCUT2D eigenvalue weighted by atomic mass is 9.33. The summed E-state index contributed by atoms with van der Waals surface area (Å²) in [6.07, 6.45) is 9.27. The summed E-state index contributed by atoms with van der Waals surface area (Å²) in [5.74, 6) is -0.935. The van der Waals surface area contributed by atoms with E-state index < -0.39 is 17.4 Å². The minimum absolute atomic E-state index is 0.0117. The maximum absolute atomic E-state index is 14.6. The summed E-state index contributed by atoms with van der Waals surface area (Å²) in [6.45, 7) is 16.0. The normalized spacial score (nSPS) is 42.1. The lowest BCUT2D eigenvalue weighted by Gasteiger charge is -2.70. The number of carboxylic acids is 1. The zero-order valence-electron chi connectivity index (χ0n) is 28.5. The lowest BCUT2D eigenvalue weighted by molar-refractivity contribution is -0.203. The van der Waals surface area contributed by atoms with Gasteiger partial charge in [0.25, 0.3) is 0 Å². The summed E-state index contributed by atoms with van der Waals surface area (Å²) in [5, 5.41) is 24.2. The molecule has 5 aliphatic rings. The van der Waals surface area contributed by atoms with Gasteiger partial charge in [-0.15, -0.1) is 0 Å². The Labute approximate surface area is 269 Å². The van der Waals surface area contributed by atoms with Crippen molar-refractivity contribution in [2.75, 3.05) is 0 Å². The number of amides is 1. The zero-order chi connectivity index (χ0) is 32.8. The van der Waals surface area contributed by atoms with Crippen LogP contribution in [0.25, 0.3) is 0 Å². The molecule has 6 nitrogen and oxygen atoms in total. The SMILES string of the molecule is CC1(C)CC[C@]2(C(=O)NC(Cc3ccccc3)C(=O)O)CC[C@]3(C)C(=CC(=O)[C@@H]4[C@@]5(C)CC[C@H](O)C(C)(C)C5CC[C@]43C)[C@@H]2C1. The molecule has 4 saturated carbocycles. The van der Waals surface area contributed by atoms with Crippen LogP contribution in [0.1, 0.15) is 112 Å². The highest BCUT2D eigenvalue weighted by Crippen LogP contribution is 2.75. The van der Waals surface area contributed by atoms with Gasteiger partial charge in [0.1, 0.15) is 6.04 Å². The number of aliphatic hydroxyl groups excluding tert-OH is 1. The molecule has 0 aliphatic heterocycles. The Morgan fingerprint density at radius 2 is 1.58 bits per heavy atom. The molecule has 9 atom stereocenters. The molecular weight excluding hydrogens is 562 g/mol. The number of carbonyl (C=O) groups is 3. The van der Waals surface area contributed by atoms with E-state index in [2.05, 4.69) is 53.8 Å². The second-order valence-electron chi connectivity index (χ2n) is 17.8. The van der Waals surface area contributed by atoms with Gasteiger partial charge >= 0.3 is 5.97 Å². The predicted octanol–water partition coefficient (Wildman–Crippen LogP) is 7.14. The van der Waals surface area contributed by atoms with E-state index in [9.17, 15) is 24.6 Å². The van der Waals surface area contributed by atoms with E-state index in [0.29, 0.717) is 12.8 Å². The van der Waals surface area contributed by atoms with E-state index in [1.807, 2.05) is 36.4 Å². The van der Waals surface area contributed by atoms with Crippen molar-refractivity contribution in [1.82, 2.24) is 5.32 Å². The first kappa shape index (κ1) is 32.5. The molecule has 1 aromatic rings. The average molecular weight is 618 g/mol. The molecule has 2 unspecified atom stereocenters. The molecule has 6 rings (SSSR count). The second kappa shape index (κ2) is 10.5. The molecule has 0 aromatic heterocycles. The fourth-order valence-corrected chi connectivity index (χ4v) is 11.8. The van der Waals surface area contributed by atoms with Crippen molar-refractivity contribution in [2.24, 2.45) is 50.2 Å². The van der Waals surface area contributed by atoms with Gasteiger partial charge in [-0.05, 0) is 108 Å². The van der Waals surface area contributed by atoms with Crippen LogP contribution in [0.2, 0.25) is 0 Å². The first-order valence-corrected chi connectivity index (χ1v) is 17.4. The average Bonchev–Trinajstić information content (AvgIpc) is 2.96. The van der Waals surface area contributed by atoms with Crippen molar-refractivity contribution in [3.8, 4) is 0 Å². The largest absolute Gasteiger partial charge is 0.480 e. The Morgan fingerprint density at radius 3 is 2.24 bits per heavy atom. The van der Waals surface area contributed by atoms with E-state index in [0.717, 1.165) is 56.1 Å². The van der Waals surface area contributed by atoms with Crippen molar-refractivity contribution < 1.29 is 24.6 Å². The minimum atomic E-state index is -1.02. The van der Waals surface area contributed by atoms with Gasteiger partial charge in [-0.3, -0.25) is 9.59 Å². The number of benzene rings is 1. The molecule has 0 radical (unpaired) electrons. The predicted molar refractivity (Wildman–Crippen MR) is 175 cm³/mol. The van der Waals surface area contributed by atoms with Gasteiger partial charge in [-0.1, -0.05) is 84.4 Å². The minimum Gasteiger partial charge on any atom is -0.480 e. The van der Waals surface area contributed by atoms with Crippen LogP contribution < -0.4 is 5.32 Å². The third-order valence-electron chi connectivity index (χ3n) is 14.7. The summed E-state index contributed by atoms with van der Waals surface area (Å²) in [4.78, 5) is 41.6. The van der Waals surface area contributed by atoms with E-state index in [1.54, 1.807) is 0 Å². The molecule has 1 amide bonds. The van der Waals surface area contributed by atoms with Gasteiger partial charge < -0.3 is 15.5 Å². The number of aliphatic carboxylic acids is 1. The fraction of sp³-hybridized carbons (Fsp3) is 0.718. The van der Waals surface area contributed by atoms with Crippen LogP contribution >= 0.6 is 0 Å². The second-order valence-corrected chi connectivity index (χ2v) is 17.8. The number of hydrogen-bond donors (Lipinski definition) is 3. The standard InChI is InChI=1S/C39H55NO5/c1-34(2)17-19-39(33(45)40-27(32(43)44)21-24-11-9-8-10-12-24)20-18-37(6)25(26(39)23-34)22-28(41)31-36(5)15-14-30(42)35(3,4)29(36)13-16-38(31,37)7/h8-12,22,26-27,29-31,42H,13-21,23H2,1-7H3,(H,40,45)(H,43,44)/t26-,27?,29?,30-,31+,36-,37+,38+,39-/m0/s1. The van der Waals surface area contributed by atoms with E-state index >= 15 is 0 Å². The molecule has 0 spiro atoms. The number of nitrogens with one attached hydrogen (secondary N) is 1. The van der Waals surface area contributed by atoms with Gasteiger partial charge in [-0.25, -0.2) is 4.79 Å². The van der Waals surface area contributed by atoms with Crippen molar-refractivity contribution in [3.63, 3.8) is 0 Å². The van der Waals surface area contributed by atoms with Gasteiger partial charge in [0.05, 0.1) is 11.5 Å². The molecule has 45 heavy (non-hydrogen) atoms. The summed E-state index contributed by atoms with van der Waals surface area (Å²) in [6, 6.07) is 8.47. The highest BCUT2D eigenvalue weighted by molar-refractivity contribution is 5.96. The summed E-state index contributed by atoms with van der Waals surface area (Å²) < 4.78 is 0. The van der Waals surface area contributed by atoms with Crippen molar-refractivity contribution in [1.29, 1.82) is 0 Å². The van der Waals surface area contributed by atoms with Crippen LogP contribution in [-0.4, -0.2) is 40.0 Å². The molecule has 3 N–H and O–H groups in total. The molecule has 0 bridgehead atoms. The molecule has 5 aliphatic carbocycles. The van der Waals surface area contributed by atoms with Crippen LogP contribution in [0.5, 0.6) is 0 Å². The van der Waals surface area contributed by atoms with Crippen molar-refractivity contribution in [3.05, 3.63) is 47.5 Å². The lowest BCUT2D eigenvalue weighted by Crippen LogP contribution is -2.67. The third kappa shape index (κ3) is 4.70. The van der Waals surface area contributed by atoms with Crippen molar-refractivity contribution in [2.45, 2.75) is 125 Å². The Bertz CT molecular complexity index is 1410. The molecule has 4 fully saturated rings. The van der Waals surface area contributed by atoms with E-state index in [-0.39, 0.29) is 69.0 Å². The number of hydrogen-bond acceptors (Lipinski definition) is 4. The monoisotopic (exact) mass is 617 g/mol. The van der Waals surface area contributed by atoms with Gasteiger partial charge in [0, 0.05) is 12.3 Å². The first-order chi connectivity index (χ1) is 20.9. The van der Waals surface area contributed by atoms with Gasteiger partial charge in [-0.2, -0.15) is 0 Å². The van der Waals surface area contributed by atoms with Crippen LogP contribution in [0.4, 0.5) is 0 Å². The molecule has 0 heterocycles. The van der Waals surface area contributed by atoms with E-state index in [1.165, 1.54) is 0 Å². The highest BCUT2D eigenvalue weighted by Gasteiger charge is 2.71. The fourth-order valence-electron chi connectivity index (χ4n) is 11.8. The first-order valence-electron chi connectivity index (χ1n) is 17.4. The van der Waals surface area contributed by atoms with Gasteiger partial charge in [0.15, 0.2) is 5.78 Å². The zero-order valence-corrected chi connectivity index (χ0v) is 28.5. The smallest absolute Gasteiger partial charge is 0.326 e. The number of aliphatic hydroxyl groups is 1. The molecule has 6 heteroatoms. The molecular formula is C39H55NO5. The number of carboxylic acid groups (broad SMARTS) is 1. The Kier molecular flexibility index (Phi) is 7.59. The maximum atomic E-state index is 14.6. The van der Waals surface area contributed by atoms with Crippen LogP contribution in [0, 0.1) is 50.2 Å². The number of fused-ring (bicyclic) bond motifs is 7. The van der Waals surface area contributed by atoms with Crippen LogP contribution in [0.15, 0.2) is 42.0 Å². The Hall–Kier alpha value is -2.47.